The summed E-state index contributed by atoms with van der Waals surface area (Å²) in [5.41, 5.74) is 4.97. The lowest BCUT2D eigenvalue weighted by molar-refractivity contribution is -0.138. The molecule has 0 bridgehead atoms. The van der Waals surface area contributed by atoms with Crippen molar-refractivity contribution in [3.8, 4) is 5.69 Å². The van der Waals surface area contributed by atoms with Crippen LogP contribution in [-0.4, -0.2) is 27.3 Å². The van der Waals surface area contributed by atoms with Crippen molar-refractivity contribution >= 4 is 57.1 Å². The number of aliphatic hydroxyl groups excluding tert-OH is 1. The van der Waals surface area contributed by atoms with E-state index in [0.717, 1.165) is 26.2 Å². The summed E-state index contributed by atoms with van der Waals surface area (Å²) in [6.07, 6.45) is 1.90. The molecule has 0 amide bonds. The molecule has 2 heterocycles. The van der Waals surface area contributed by atoms with Gasteiger partial charge in [0.2, 0.25) is 0 Å². The van der Waals surface area contributed by atoms with Crippen LogP contribution >= 0.6 is 34.4 Å². The number of aliphatic hydroxyl groups is 1. The van der Waals surface area contributed by atoms with E-state index < -0.39 is 5.97 Å². The highest BCUT2D eigenvalue weighted by Crippen LogP contribution is 2.41. The summed E-state index contributed by atoms with van der Waals surface area (Å²) < 4.78 is 8.53. The number of para-hydroxylation sites is 1. The third kappa shape index (κ3) is 4.94. The van der Waals surface area contributed by atoms with Gasteiger partial charge in [0.05, 0.1) is 17.2 Å². The van der Waals surface area contributed by atoms with Crippen LogP contribution in [0.2, 0.25) is 0 Å². The summed E-state index contributed by atoms with van der Waals surface area (Å²) in [5, 5.41) is 11.4. The third-order valence-electron chi connectivity index (χ3n) is 5.18. The van der Waals surface area contributed by atoms with Gasteiger partial charge < -0.3 is 14.4 Å². The first-order valence-electron chi connectivity index (χ1n) is 10.5. The number of hydrogen-bond acceptors (Lipinski definition) is 5. The molecule has 2 aromatic carbocycles. The molecule has 33 heavy (non-hydrogen) atoms. The molecular formula is C26H23IN2O3S. The van der Waals surface area contributed by atoms with Crippen molar-refractivity contribution in [2.45, 2.75) is 20.8 Å². The zero-order valence-electron chi connectivity index (χ0n) is 18.5. The Morgan fingerprint density at radius 1 is 1.15 bits per heavy atom. The van der Waals surface area contributed by atoms with Gasteiger partial charge >= 0.3 is 5.97 Å². The lowest BCUT2D eigenvalue weighted by atomic mass is 10.2. The molecule has 1 aromatic heterocycles. The van der Waals surface area contributed by atoms with E-state index in [9.17, 15) is 9.90 Å². The highest BCUT2D eigenvalue weighted by molar-refractivity contribution is 14.1. The molecule has 1 aliphatic rings. The minimum absolute atomic E-state index is 0.100. The standard InChI is InChI=1S/C26H23IN2O3S/c1-4-32-26(31)23-24(30)22(33-25(23)28-20-10-6-5-7-11-20)14-18-13-16(2)29(17(18)3)21-12-8-9-19(27)15-21/h5-15,30H,4H2,1-3H3/b22-14-,28-25?. The SMILES string of the molecule is CCOC(=O)C1=C(O)/C(=C/c2cc(C)n(-c3cccc(I)c3)c2C)SC1=Nc1ccccc1. The van der Waals surface area contributed by atoms with Crippen LogP contribution in [0.5, 0.6) is 0 Å². The Hall–Kier alpha value is -2.78. The Morgan fingerprint density at radius 2 is 1.91 bits per heavy atom. The van der Waals surface area contributed by atoms with E-state index in [1.54, 1.807) is 6.92 Å². The Bertz CT molecular complexity index is 1310. The third-order valence-corrected chi connectivity index (χ3v) is 6.87. The second-order valence-electron chi connectivity index (χ2n) is 7.45. The van der Waals surface area contributed by atoms with E-state index in [1.807, 2.05) is 49.4 Å². The van der Waals surface area contributed by atoms with E-state index in [4.69, 9.17) is 4.74 Å². The number of carbonyl (C=O) groups is 1. The van der Waals surface area contributed by atoms with Crippen LogP contribution in [0.3, 0.4) is 0 Å². The normalized spacial score (nSPS) is 16.1. The number of aryl methyl sites for hydroxylation is 1. The molecule has 0 saturated carbocycles. The molecule has 0 aliphatic carbocycles. The zero-order chi connectivity index (χ0) is 23.5. The number of ether oxygens (including phenoxy) is 1. The van der Waals surface area contributed by atoms with Gasteiger partial charge in [-0.2, -0.15) is 0 Å². The highest BCUT2D eigenvalue weighted by Gasteiger charge is 2.33. The van der Waals surface area contributed by atoms with E-state index in [0.29, 0.717) is 15.6 Å². The smallest absolute Gasteiger partial charge is 0.344 e. The van der Waals surface area contributed by atoms with Crippen LogP contribution < -0.4 is 0 Å². The van der Waals surface area contributed by atoms with Crippen LogP contribution in [0.15, 0.2) is 81.9 Å². The molecule has 0 fully saturated rings. The lowest BCUT2D eigenvalue weighted by Gasteiger charge is -2.10. The number of carbonyl (C=O) groups excluding carboxylic acids is 1. The molecule has 168 valence electrons. The molecular weight excluding hydrogens is 547 g/mol. The monoisotopic (exact) mass is 570 g/mol. The predicted octanol–water partition coefficient (Wildman–Crippen LogP) is 6.89. The van der Waals surface area contributed by atoms with Crippen LogP contribution in [0.1, 0.15) is 23.9 Å². The number of aliphatic imine (C=N–C) groups is 1. The quantitative estimate of drug-likeness (QED) is 0.268. The molecule has 0 saturated heterocycles. The number of esters is 1. The number of thioether (sulfide) groups is 1. The number of nitrogens with zero attached hydrogens (tertiary/aromatic N) is 2. The average molecular weight is 570 g/mol. The van der Waals surface area contributed by atoms with E-state index in [2.05, 4.69) is 63.3 Å². The van der Waals surface area contributed by atoms with Gasteiger partial charge in [-0.3, -0.25) is 0 Å². The van der Waals surface area contributed by atoms with Crippen molar-refractivity contribution in [2.24, 2.45) is 4.99 Å². The molecule has 3 aromatic rings. The van der Waals surface area contributed by atoms with Gasteiger partial charge in [-0.05, 0) is 91.4 Å². The summed E-state index contributed by atoms with van der Waals surface area (Å²) in [6.45, 7) is 6.06. The molecule has 5 nitrogen and oxygen atoms in total. The Labute approximate surface area is 211 Å². The van der Waals surface area contributed by atoms with Crippen molar-refractivity contribution in [2.75, 3.05) is 6.61 Å². The van der Waals surface area contributed by atoms with Crippen LogP contribution in [-0.2, 0) is 9.53 Å². The summed E-state index contributed by atoms with van der Waals surface area (Å²) in [6, 6.07) is 19.7. The van der Waals surface area contributed by atoms with E-state index in [-0.39, 0.29) is 17.9 Å². The minimum atomic E-state index is -0.579. The molecule has 7 heteroatoms. The fraction of sp³-hybridized carbons (Fsp3) is 0.154. The van der Waals surface area contributed by atoms with Gasteiger partial charge in [-0.1, -0.05) is 36.0 Å². The van der Waals surface area contributed by atoms with E-state index in [1.165, 1.54) is 11.8 Å². The molecule has 0 atom stereocenters. The highest BCUT2D eigenvalue weighted by atomic mass is 127. The fourth-order valence-electron chi connectivity index (χ4n) is 3.70. The Balaban J connectivity index is 1.78. The number of aromatic nitrogens is 1. The van der Waals surface area contributed by atoms with Crippen LogP contribution in [0.25, 0.3) is 11.8 Å². The van der Waals surface area contributed by atoms with Crippen molar-refractivity contribution < 1.29 is 14.6 Å². The van der Waals surface area contributed by atoms with Crippen molar-refractivity contribution in [3.63, 3.8) is 0 Å². The molecule has 4 rings (SSSR count). The first-order chi connectivity index (χ1) is 15.9. The summed E-state index contributed by atoms with van der Waals surface area (Å²) in [4.78, 5) is 17.8. The van der Waals surface area contributed by atoms with Gasteiger partial charge in [0.25, 0.3) is 0 Å². The van der Waals surface area contributed by atoms with Gasteiger partial charge in [0.1, 0.15) is 16.4 Å². The second kappa shape index (κ2) is 10.0. The Morgan fingerprint density at radius 3 is 2.61 bits per heavy atom. The average Bonchev–Trinajstić information content (AvgIpc) is 3.24. The maximum Gasteiger partial charge on any atom is 0.344 e. The summed E-state index contributed by atoms with van der Waals surface area (Å²) in [5.74, 6) is -0.683. The maximum atomic E-state index is 12.6. The first-order valence-corrected chi connectivity index (χ1v) is 12.4. The molecule has 1 N–H and O–H groups in total. The van der Waals surface area contributed by atoms with Crippen molar-refractivity contribution in [1.29, 1.82) is 0 Å². The van der Waals surface area contributed by atoms with Crippen LogP contribution in [0, 0.1) is 17.4 Å². The van der Waals surface area contributed by atoms with Crippen LogP contribution in [0.4, 0.5) is 5.69 Å². The summed E-state index contributed by atoms with van der Waals surface area (Å²) in [7, 11) is 0. The van der Waals surface area contributed by atoms with Gasteiger partial charge in [0, 0.05) is 20.6 Å². The zero-order valence-corrected chi connectivity index (χ0v) is 21.5. The topological polar surface area (TPSA) is 63.8 Å². The van der Waals surface area contributed by atoms with Crippen molar-refractivity contribution in [3.05, 3.63) is 97.4 Å². The van der Waals surface area contributed by atoms with E-state index >= 15 is 0 Å². The van der Waals surface area contributed by atoms with Gasteiger partial charge in [-0.25, -0.2) is 9.79 Å². The molecule has 0 unspecified atom stereocenters. The lowest BCUT2D eigenvalue weighted by Crippen LogP contribution is -2.12. The van der Waals surface area contributed by atoms with Gasteiger partial charge in [0.15, 0.2) is 0 Å². The predicted molar refractivity (Wildman–Crippen MR) is 143 cm³/mol. The largest absolute Gasteiger partial charge is 0.506 e. The van der Waals surface area contributed by atoms with Crippen molar-refractivity contribution in [1.82, 2.24) is 4.57 Å². The number of benzene rings is 2. The number of halogens is 1. The molecule has 0 radical (unpaired) electrons. The first kappa shape index (κ1) is 23.4. The fourth-order valence-corrected chi connectivity index (χ4v) is 5.25. The number of hydrogen-bond donors (Lipinski definition) is 1. The number of rotatable bonds is 5. The van der Waals surface area contributed by atoms with Gasteiger partial charge in [-0.15, -0.1) is 0 Å². The Kier molecular flexibility index (Phi) is 7.09. The molecule has 1 aliphatic heterocycles. The maximum absolute atomic E-state index is 12.6. The second-order valence-corrected chi connectivity index (χ2v) is 9.73. The molecule has 0 spiro atoms. The summed E-state index contributed by atoms with van der Waals surface area (Å²) >= 11 is 3.58. The minimum Gasteiger partial charge on any atom is -0.506 e.